The van der Waals surface area contributed by atoms with Crippen LogP contribution < -0.4 is 4.72 Å². The number of hydrogen-bond donors (Lipinski definition) is 1. The topological polar surface area (TPSA) is 63.2 Å². The van der Waals surface area contributed by atoms with E-state index in [0.29, 0.717) is 5.56 Å². The minimum Gasteiger partial charge on any atom is -0.299 e. The molecule has 1 atom stereocenters. The molecule has 0 aliphatic carbocycles. The van der Waals surface area contributed by atoms with Gasteiger partial charge in [-0.25, -0.2) is 13.1 Å². The molecule has 0 bridgehead atoms. The van der Waals surface area contributed by atoms with E-state index in [-0.39, 0.29) is 10.7 Å². The number of carbonyl (C=O) groups is 1. The maximum Gasteiger partial charge on any atom is 0.240 e. The molecule has 0 spiro atoms. The molecule has 0 saturated carbocycles. The molecular weight excluding hydrogens is 226 g/mol. The summed E-state index contributed by atoms with van der Waals surface area (Å²) in [5.41, 5.74) is 0.532. The number of sulfonamides is 1. The quantitative estimate of drug-likeness (QED) is 0.864. The molecule has 4 nitrogen and oxygen atoms in total. The lowest BCUT2D eigenvalue weighted by molar-refractivity contribution is -0.118. The lowest BCUT2D eigenvalue weighted by Gasteiger charge is -2.13. The Bertz CT molecular complexity index is 494. The van der Waals surface area contributed by atoms with Crippen molar-refractivity contribution in [3.63, 3.8) is 0 Å². The van der Waals surface area contributed by atoms with E-state index in [0.717, 1.165) is 0 Å². The van der Waals surface area contributed by atoms with Crippen molar-refractivity contribution in [3.8, 4) is 0 Å². The second-order valence-corrected chi connectivity index (χ2v) is 5.43. The molecule has 0 radical (unpaired) electrons. The second kappa shape index (κ2) is 4.76. The molecule has 0 aromatic heterocycles. The molecule has 0 aliphatic rings. The van der Waals surface area contributed by atoms with Gasteiger partial charge in [-0.1, -0.05) is 25.1 Å². The molecule has 0 heterocycles. The molecule has 0 aliphatic heterocycles. The fraction of sp³-hybridized carbons (Fsp3) is 0.364. The molecule has 1 aromatic carbocycles. The van der Waals surface area contributed by atoms with Crippen molar-refractivity contribution in [3.05, 3.63) is 29.8 Å². The van der Waals surface area contributed by atoms with Gasteiger partial charge < -0.3 is 0 Å². The van der Waals surface area contributed by atoms with Gasteiger partial charge >= 0.3 is 0 Å². The Balaban J connectivity index is 3.37. The summed E-state index contributed by atoms with van der Waals surface area (Å²) in [5.74, 6) is -0.474. The predicted molar refractivity (Wildman–Crippen MR) is 61.8 cm³/mol. The van der Waals surface area contributed by atoms with Gasteiger partial charge in [0.15, 0.2) is 0 Å². The standard InChI is InChI=1S/C11H15NO3S/c1-8(9(2)13)10-6-4-5-7-11(10)16(14,15)12-3/h4-8,12H,1-3H3. The first-order valence-corrected chi connectivity index (χ1v) is 6.41. The SMILES string of the molecule is CNS(=O)(=O)c1ccccc1C(C)C(C)=O. The highest BCUT2D eigenvalue weighted by atomic mass is 32.2. The largest absolute Gasteiger partial charge is 0.299 e. The fourth-order valence-corrected chi connectivity index (χ4v) is 2.44. The molecule has 5 heteroatoms. The third-order valence-electron chi connectivity index (χ3n) is 2.55. The zero-order valence-corrected chi connectivity index (χ0v) is 10.3. The van der Waals surface area contributed by atoms with Gasteiger partial charge in [0.25, 0.3) is 0 Å². The molecule has 1 aromatic rings. The van der Waals surface area contributed by atoms with Crippen LogP contribution in [-0.4, -0.2) is 21.2 Å². The van der Waals surface area contributed by atoms with Crippen molar-refractivity contribution in [1.29, 1.82) is 0 Å². The van der Waals surface area contributed by atoms with Crippen molar-refractivity contribution in [1.82, 2.24) is 4.72 Å². The van der Waals surface area contributed by atoms with E-state index in [2.05, 4.69) is 4.72 Å². The Labute approximate surface area is 95.7 Å². The van der Waals surface area contributed by atoms with Crippen LogP contribution in [0.1, 0.15) is 25.3 Å². The lowest BCUT2D eigenvalue weighted by atomic mass is 9.98. The first kappa shape index (κ1) is 12.9. The summed E-state index contributed by atoms with van der Waals surface area (Å²) in [5, 5.41) is 0. The molecule has 0 amide bonds. The third kappa shape index (κ3) is 2.48. The highest BCUT2D eigenvalue weighted by Crippen LogP contribution is 2.24. The normalized spacial score (nSPS) is 13.4. The minimum absolute atomic E-state index is 0.0567. The first-order chi connectivity index (χ1) is 7.40. The summed E-state index contributed by atoms with van der Waals surface area (Å²) in [7, 11) is -2.16. The zero-order valence-electron chi connectivity index (χ0n) is 9.52. The van der Waals surface area contributed by atoms with E-state index in [1.807, 2.05) is 0 Å². The Morgan fingerprint density at radius 3 is 2.38 bits per heavy atom. The van der Waals surface area contributed by atoms with Gasteiger partial charge in [-0.3, -0.25) is 4.79 Å². The number of carbonyl (C=O) groups excluding carboxylic acids is 1. The average Bonchev–Trinajstić information content (AvgIpc) is 2.28. The number of rotatable bonds is 4. The number of Topliss-reactive ketones (excluding diaryl/α,β-unsaturated/α-hetero) is 1. The van der Waals surface area contributed by atoms with E-state index < -0.39 is 15.9 Å². The average molecular weight is 241 g/mol. The van der Waals surface area contributed by atoms with Crippen molar-refractivity contribution in [2.45, 2.75) is 24.7 Å². The van der Waals surface area contributed by atoms with Crippen molar-refractivity contribution >= 4 is 15.8 Å². The smallest absolute Gasteiger partial charge is 0.240 e. The monoisotopic (exact) mass is 241 g/mol. The molecule has 0 saturated heterocycles. The van der Waals surface area contributed by atoms with Crippen LogP contribution in [0, 0.1) is 0 Å². The van der Waals surface area contributed by atoms with Gasteiger partial charge in [0.05, 0.1) is 4.90 Å². The molecular formula is C11H15NO3S. The van der Waals surface area contributed by atoms with E-state index in [1.165, 1.54) is 20.0 Å². The van der Waals surface area contributed by atoms with Gasteiger partial charge in [-0.15, -0.1) is 0 Å². The summed E-state index contributed by atoms with van der Waals surface area (Å²) in [6, 6.07) is 6.53. The number of nitrogens with one attached hydrogen (secondary N) is 1. The minimum atomic E-state index is -3.51. The molecule has 88 valence electrons. The van der Waals surface area contributed by atoms with Crippen molar-refractivity contribution in [2.75, 3.05) is 7.05 Å². The number of benzene rings is 1. The van der Waals surface area contributed by atoms with E-state index in [4.69, 9.17) is 0 Å². The Kier molecular flexibility index (Phi) is 3.83. The zero-order chi connectivity index (χ0) is 12.3. The van der Waals surface area contributed by atoms with E-state index in [9.17, 15) is 13.2 Å². The fourth-order valence-electron chi connectivity index (χ4n) is 1.41. The summed E-state index contributed by atoms with van der Waals surface area (Å²) in [6.07, 6.45) is 0. The number of hydrogen-bond acceptors (Lipinski definition) is 3. The van der Waals surface area contributed by atoms with Crippen molar-refractivity contribution < 1.29 is 13.2 Å². The molecule has 1 rings (SSSR count). The summed E-state index contributed by atoms with van der Waals surface area (Å²) in [6.45, 7) is 3.15. The van der Waals surface area contributed by atoms with Crippen LogP contribution in [0.2, 0.25) is 0 Å². The third-order valence-corrected chi connectivity index (χ3v) is 4.04. The maximum absolute atomic E-state index is 11.7. The first-order valence-electron chi connectivity index (χ1n) is 4.93. The highest BCUT2D eigenvalue weighted by Gasteiger charge is 2.21. The summed E-state index contributed by atoms with van der Waals surface area (Å²) < 4.78 is 25.7. The van der Waals surface area contributed by atoms with Crippen LogP contribution >= 0.6 is 0 Å². The molecule has 1 unspecified atom stereocenters. The summed E-state index contributed by atoms with van der Waals surface area (Å²) in [4.78, 5) is 11.5. The van der Waals surface area contributed by atoms with Crippen molar-refractivity contribution in [2.24, 2.45) is 0 Å². The van der Waals surface area contributed by atoms with Gasteiger partial charge in [-0.05, 0) is 25.6 Å². The second-order valence-electron chi connectivity index (χ2n) is 3.58. The van der Waals surface area contributed by atoms with Gasteiger partial charge in [0.2, 0.25) is 10.0 Å². The summed E-state index contributed by atoms with van der Waals surface area (Å²) >= 11 is 0. The Hall–Kier alpha value is -1.20. The van der Waals surface area contributed by atoms with Crippen LogP contribution in [-0.2, 0) is 14.8 Å². The van der Waals surface area contributed by atoms with Gasteiger partial charge in [-0.2, -0.15) is 0 Å². The highest BCUT2D eigenvalue weighted by molar-refractivity contribution is 7.89. The predicted octanol–water partition coefficient (Wildman–Crippen LogP) is 1.29. The lowest BCUT2D eigenvalue weighted by Crippen LogP contribution is -2.21. The molecule has 0 fully saturated rings. The molecule has 16 heavy (non-hydrogen) atoms. The van der Waals surface area contributed by atoms with Crippen LogP contribution in [0.15, 0.2) is 29.2 Å². The van der Waals surface area contributed by atoms with E-state index >= 15 is 0 Å². The molecule has 1 N–H and O–H groups in total. The van der Waals surface area contributed by atoms with Crippen LogP contribution in [0.5, 0.6) is 0 Å². The Morgan fingerprint density at radius 2 is 1.88 bits per heavy atom. The van der Waals surface area contributed by atoms with Crippen LogP contribution in [0.3, 0.4) is 0 Å². The van der Waals surface area contributed by atoms with Crippen LogP contribution in [0.4, 0.5) is 0 Å². The maximum atomic E-state index is 11.7. The Morgan fingerprint density at radius 1 is 1.31 bits per heavy atom. The van der Waals surface area contributed by atoms with Gasteiger partial charge in [0, 0.05) is 5.92 Å². The number of ketones is 1. The van der Waals surface area contributed by atoms with Gasteiger partial charge in [0.1, 0.15) is 5.78 Å². The van der Waals surface area contributed by atoms with Crippen LogP contribution in [0.25, 0.3) is 0 Å². The van der Waals surface area contributed by atoms with E-state index in [1.54, 1.807) is 25.1 Å².